The molecule has 0 atom stereocenters. The lowest BCUT2D eigenvalue weighted by atomic mass is 10.2. The lowest BCUT2D eigenvalue weighted by molar-refractivity contribution is 0.414. The summed E-state index contributed by atoms with van der Waals surface area (Å²) < 4.78 is 5.15. The molecule has 80 valence electrons. The number of nitrogens with one attached hydrogen (secondary N) is 1. The Labute approximate surface area is 90.2 Å². The predicted molar refractivity (Wildman–Crippen MR) is 60.6 cm³/mol. The van der Waals surface area contributed by atoms with E-state index in [9.17, 15) is 0 Å². The van der Waals surface area contributed by atoms with Crippen molar-refractivity contribution in [1.82, 2.24) is 4.90 Å². The Morgan fingerprint density at radius 1 is 1.33 bits per heavy atom. The summed E-state index contributed by atoms with van der Waals surface area (Å²) in [5.41, 5.74) is 0.941. The van der Waals surface area contributed by atoms with E-state index in [0.29, 0.717) is 5.84 Å². The zero-order valence-corrected chi connectivity index (χ0v) is 8.99. The Hall–Kier alpha value is -1.51. The van der Waals surface area contributed by atoms with Gasteiger partial charge in [-0.3, -0.25) is 5.41 Å². The van der Waals surface area contributed by atoms with E-state index in [-0.39, 0.29) is 0 Å². The Balaban J connectivity index is 2.17. The van der Waals surface area contributed by atoms with Crippen molar-refractivity contribution in [1.29, 1.82) is 5.41 Å². The van der Waals surface area contributed by atoms with Crippen LogP contribution in [0.4, 0.5) is 0 Å². The van der Waals surface area contributed by atoms with Crippen LogP contribution in [0.5, 0.6) is 5.75 Å². The van der Waals surface area contributed by atoms with Crippen molar-refractivity contribution in [2.45, 2.75) is 12.8 Å². The third-order valence-electron chi connectivity index (χ3n) is 2.77. The van der Waals surface area contributed by atoms with Gasteiger partial charge < -0.3 is 9.64 Å². The number of benzene rings is 1. The molecule has 0 spiro atoms. The first-order valence-electron chi connectivity index (χ1n) is 5.29. The van der Waals surface area contributed by atoms with Crippen molar-refractivity contribution in [2.24, 2.45) is 0 Å². The Bertz CT molecular complexity index is 356. The van der Waals surface area contributed by atoms with Crippen LogP contribution in [0, 0.1) is 5.41 Å². The second kappa shape index (κ2) is 4.34. The van der Waals surface area contributed by atoms with Gasteiger partial charge in [-0.2, -0.15) is 0 Å². The minimum absolute atomic E-state index is 0.617. The van der Waals surface area contributed by atoms with Gasteiger partial charge in [0.05, 0.1) is 7.11 Å². The molecule has 3 heteroatoms. The maximum absolute atomic E-state index is 8.07. The summed E-state index contributed by atoms with van der Waals surface area (Å²) in [6.07, 6.45) is 2.40. The van der Waals surface area contributed by atoms with Crippen LogP contribution in [0.2, 0.25) is 0 Å². The van der Waals surface area contributed by atoms with Gasteiger partial charge in [-0.1, -0.05) is 12.1 Å². The predicted octanol–water partition coefficient (Wildman–Crippen LogP) is 2.12. The standard InChI is InChI=1S/C12H16N2O/c1-15-11-6-4-5-10(9-11)12(13)14-7-2-3-8-14/h4-6,9,13H,2-3,7-8H2,1H3. The van der Waals surface area contributed by atoms with Crippen molar-refractivity contribution in [3.8, 4) is 5.75 Å². The number of amidine groups is 1. The fraction of sp³-hybridized carbons (Fsp3) is 0.417. The summed E-state index contributed by atoms with van der Waals surface area (Å²) in [7, 11) is 1.65. The highest BCUT2D eigenvalue weighted by Gasteiger charge is 2.16. The molecule has 1 aromatic rings. The van der Waals surface area contributed by atoms with Crippen LogP contribution in [-0.2, 0) is 0 Å². The summed E-state index contributed by atoms with van der Waals surface area (Å²) in [4.78, 5) is 2.12. The highest BCUT2D eigenvalue weighted by atomic mass is 16.5. The normalized spacial score (nSPS) is 15.4. The molecule has 0 saturated carbocycles. The summed E-state index contributed by atoms with van der Waals surface area (Å²) >= 11 is 0. The van der Waals surface area contributed by atoms with Crippen molar-refractivity contribution in [2.75, 3.05) is 20.2 Å². The quantitative estimate of drug-likeness (QED) is 0.591. The molecule has 1 aliphatic heterocycles. The molecule has 1 aliphatic rings. The molecule has 1 saturated heterocycles. The van der Waals surface area contributed by atoms with Gasteiger partial charge in [0, 0.05) is 18.7 Å². The number of methoxy groups -OCH3 is 1. The lowest BCUT2D eigenvalue weighted by Gasteiger charge is -2.18. The molecule has 1 N–H and O–H groups in total. The van der Waals surface area contributed by atoms with E-state index < -0.39 is 0 Å². The van der Waals surface area contributed by atoms with E-state index in [1.165, 1.54) is 12.8 Å². The molecular weight excluding hydrogens is 188 g/mol. The molecule has 1 aromatic carbocycles. The SMILES string of the molecule is COc1cccc(C(=N)N2CCCC2)c1. The molecule has 0 bridgehead atoms. The van der Waals surface area contributed by atoms with Crippen LogP contribution in [0.1, 0.15) is 18.4 Å². The maximum Gasteiger partial charge on any atom is 0.128 e. The highest BCUT2D eigenvalue weighted by molar-refractivity contribution is 5.96. The molecule has 0 amide bonds. The molecule has 0 aliphatic carbocycles. The Morgan fingerprint density at radius 2 is 2.07 bits per heavy atom. The molecule has 0 unspecified atom stereocenters. The number of hydrogen-bond acceptors (Lipinski definition) is 2. The van der Waals surface area contributed by atoms with Gasteiger partial charge in [-0.05, 0) is 25.0 Å². The highest BCUT2D eigenvalue weighted by Crippen LogP contribution is 2.17. The van der Waals surface area contributed by atoms with Crippen LogP contribution in [-0.4, -0.2) is 30.9 Å². The van der Waals surface area contributed by atoms with Gasteiger partial charge in [0.25, 0.3) is 0 Å². The summed E-state index contributed by atoms with van der Waals surface area (Å²) in [6, 6.07) is 7.71. The largest absolute Gasteiger partial charge is 0.497 e. The first-order chi connectivity index (χ1) is 7.31. The van der Waals surface area contributed by atoms with Gasteiger partial charge in [0.1, 0.15) is 11.6 Å². The number of nitrogens with zero attached hydrogens (tertiary/aromatic N) is 1. The van der Waals surface area contributed by atoms with Crippen LogP contribution >= 0.6 is 0 Å². The molecular formula is C12H16N2O. The topological polar surface area (TPSA) is 36.3 Å². The number of hydrogen-bond donors (Lipinski definition) is 1. The van der Waals surface area contributed by atoms with E-state index in [2.05, 4.69) is 4.90 Å². The van der Waals surface area contributed by atoms with Gasteiger partial charge in [-0.25, -0.2) is 0 Å². The van der Waals surface area contributed by atoms with Gasteiger partial charge in [0.2, 0.25) is 0 Å². The third-order valence-corrected chi connectivity index (χ3v) is 2.77. The average molecular weight is 204 g/mol. The monoisotopic (exact) mass is 204 g/mol. The van der Waals surface area contributed by atoms with Gasteiger partial charge in [-0.15, -0.1) is 0 Å². The molecule has 0 aromatic heterocycles. The van der Waals surface area contributed by atoms with Crippen molar-refractivity contribution < 1.29 is 4.74 Å². The van der Waals surface area contributed by atoms with E-state index in [0.717, 1.165) is 24.4 Å². The second-order valence-electron chi connectivity index (χ2n) is 3.77. The summed E-state index contributed by atoms with van der Waals surface area (Å²) in [5, 5.41) is 8.07. The van der Waals surface area contributed by atoms with Crippen LogP contribution < -0.4 is 4.74 Å². The average Bonchev–Trinajstić information content (AvgIpc) is 2.81. The fourth-order valence-electron chi connectivity index (χ4n) is 1.89. The number of rotatable bonds is 2. The first-order valence-corrected chi connectivity index (χ1v) is 5.29. The molecule has 0 radical (unpaired) electrons. The molecule has 1 fully saturated rings. The molecule has 15 heavy (non-hydrogen) atoms. The minimum atomic E-state index is 0.617. The van der Waals surface area contributed by atoms with E-state index >= 15 is 0 Å². The van der Waals surface area contributed by atoms with Crippen LogP contribution in [0.15, 0.2) is 24.3 Å². The third kappa shape index (κ3) is 2.12. The van der Waals surface area contributed by atoms with Gasteiger partial charge in [0.15, 0.2) is 0 Å². The fourth-order valence-corrected chi connectivity index (χ4v) is 1.89. The minimum Gasteiger partial charge on any atom is -0.497 e. The van der Waals surface area contributed by atoms with E-state index in [4.69, 9.17) is 10.1 Å². The first kappa shape index (κ1) is 10.0. The van der Waals surface area contributed by atoms with E-state index in [1.807, 2.05) is 24.3 Å². The Morgan fingerprint density at radius 3 is 2.73 bits per heavy atom. The maximum atomic E-state index is 8.07. The van der Waals surface area contributed by atoms with Crippen molar-refractivity contribution in [3.63, 3.8) is 0 Å². The van der Waals surface area contributed by atoms with Gasteiger partial charge >= 0.3 is 0 Å². The number of likely N-dealkylation sites (tertiary alicyclic amines) is 1. The molecule has 1 heterocycles. The second-order valence-corrected chi connectivity index (χ2v) is 3.77. The van der Waals surface area contributed by atoms with Crippen LogP contribution in [0.3, 0.4) is 0 Å². The zero-order chi connectivity index (χ0) is 10.7. The summed E-state index contributed by atoms with van der Waals surface area (Å²) in [6.45, 7) is 2.02. The smallest absolute Gasteiger partial charge is 0.128 e. The van der Waals surface area contributed by atoms with Crippen LogP contribution in [0.25, 0.3) is 0 Å². The lowest BCUT2D eigenvalue weighted by Crippen LogP contribution is -2.27. The number of ether oxygens (including phenoxy) is 1. The van der Waals surface area contributed by atoms with Crippen molar-refractivity contribution in [3.05, 3.63) is 29.8 Å². The zero-order valence-electron chi connectivity index (χ0n) is 8.99. The van der Waals surface area contributed by atoms with Crippen molar-refractivity contribution >= 4 is 5.84 Å². The molecule has 3 nitrogen and oxygen atoms in total. The van der Waals surface area contributed by atoms with E-state index in [1.54, 1.807) is 7.11 Å². The molecule has 2 rings (SSSR count). The summed E-state index contributed by atoms with van der Waals surface area (Å²) in [5.74, 6) is 1.43. The Kier molecular flexibility index (Phi) is 2.90.